The third kappa shape index (κ3) is 6.06. The van der Waals surface area contributed by atoms with Crippen LogP contribution in [0.3, 0.4) is 0 Å². The van der Waals surface area contributed by atoms with Gasteiger partial charge in [0.2, 0.25) is 5.91 Å². The molecule has 0 saturated carbocycles. The molecule has 3 aromatic rings. The van der Waals surface area contributed by atoms with Crippen LogP contribution < -0.4 is 15.2 Å². The zero-order valence-electron chi connectivity index (χ0n) is 28.2. The number of rotatable bonds is 8. The molecule has 8 nitrogen and oxygen atoms in total. The first-order valence-electron chi connectivity index (χ1n) is 16.1. The van der Waals surface area contributed by atoms with Crippen LogP contribution in [0.25, 0.3) is 28.1 Å². The molecule has 0 unspecified atom stereocenters. The van der Waals surface area contributed by atoms with E-state index in [2.05, 4.69) is 31.1 Å². The van der Waals surface area contributed by atoms with E-state index in [0.717, 1.165) is 17.4 Å². The van der Waals surface area contributed by atoms with E-state index in [9.17, 15) is 14.9 Å². The van der Waals surface area contributed by atoms with Crippen LogP contribution in [0.15, 0.2) is 48.3 Å². The van der Waals surface area contributed by atoms with Gasteiger partial charge in [-0.2, -0.15) is 5.26 Å². The summed E-state index contributed by atoms with van der Waals surface area (Å²) >= 11 is 0. The second-order valence-corrected chi connectivity index (χ2v) is 12.1. The number of hydrogen-bond acceptors (Lipinski definition) is 6. The lowest BCUT2D eigenvalue weighted by Gasteiger charge is -2.46. The second kappa shape index (κ2) is 14.3. The average molecular weight is 628 g/mol. The summed E-state index contributed by atoms with van der Waals surface area (Å²) in [5.41, 5.74) is 3.33. The molecule has 2 aliphatic rings. The van der Waals surface area contributed by atoms with Gasteiger partial charge in [-0.15, -0.1) is 0 Å². The van der Waals surface area contributed by atoms with Gasteiger partial charge in [-0.3, -0.25) is 14.2 Å². The van der Waals surface area contributed by atoms with Crippen molar-refractivity contribution in [3.63, 3.8) is 0 Å². The maximum Gasteiger partial charge on any atom is 0.271 e. The van der Waals surface area contributed by atoms with Crippen molar-refractivity contribution in [1.29, 1.82) is 5.26 Å². The first kappa shape index (κ1) is 34.5. The lowest BCUT2D eigenvalue weighted by atomic mass is 9.90. The third-order valence-corrected chi connectivity index (χ3v) is 8.72. The molecular weight excluding hydrogens is 581 g/mol. The second-order valence-electron chi connectivity index (χ2n) is 12.1. The number of nitrogens with zero attached hydrogens (tertiary/aromatic N) is 5. The lowest BCUT2D eigenvalue weighted by Crippen LogP contribution is -2.58. The number of piperazine rings is 1. The van der Waals surface area contributed by atoms with Crippen molar-refractivity contribution in [2.24, 2.45) is 0 Å². The number of pyridine rings is 1. The Bertz CT molecular complexity index is 1750. The summed E-state index contributed by atoms with van der Waals surface area (Å²) in [6, 6.07) is 8.55. The molecule has 0 bridgehead atoms. The number of nitriles is 1. The predicted molar refractivity (Wildman–Crippen MR) is 185 cm³/mol. The van der Waals surface area contributed by atoms with Crippen LogP contribution in [0.5, 0.6) is 5.75 Å². The van der Waals surface area contributed by atoms with Crippen LogP contribution in [0.1, 0.15) is 63.8 Å². The van der Waals surface area contributed by atoms with Crippen LogP contribution in [0, 0.1) is 17.1 Å². The summed E-state index contributed by atoms with van der Waals surface area (Å²) < 4.78 is 24.0. The number of carbonyl (C=O) groups is 1. The number of ether oxygens (including phenoxy) is 1. The number of aryl methyl sites for hydroxylation is 1. The summed E-state index contributed by atoms with van der Waals surface area (Å²) in [6.07, 6.45) is 4.35. The molecule has 0 aliphatic carbocycles. The number of carbonyl (C=O) groups excluding carboxylic acids is 1. The summed E-state index contributed by atoms with van der Waals surface area (Å²) in [5, 5.41) is 11.2. The highest BCUT2D eigenvalue weighted by Crippen LogP contribution is 2.47. The summed E-state index contributed by atoms with van der Waals surface area (Å²) in [6.45, 7) is 19.0. The topological polar surface area (TPSA) is 81.8 Å². The highest BCUT2D eigenvalue weighted by molar-refractivity contribution is 6.03. The Labute approximate surface area is 272 Å². The maximum absolute atomic E-state index is 15.8. The van der Waals surface area contributed by atoms with E-state index in [4.69, 9.17) is 4.74 Å². The van der Waals surface area contributed by atoms with Gasteiger partial charge in [0.15, 0.2) is 5.75 Å². The minimum absolute atomic E-state index is 0.0633. The van der Waals surface area contributed by atoms with Crippen LogP contribution >= 0.6 is 0 Å². The van der Waals surface area contributed by atoms with Crippen LogP contribution in [0.4, 0.5) is 10.1 Å². The maximum atomic E-state index is 15.8. The molecule has 2 aliphatic heterocycles. The SMILES string of the molecule is C=CC(=O)N1C[C@H](C)N(c2c(C#N)c(=O)n3c4c(c(-c5ccc(C=C)cc5F)c(CCC)cc24)OC[C@@H]3CN(C)C)C[C@H]1C.CC. The molecule has 2 aromatic carbocycles. The normalized spacial score (nSPS) is 18.8. The molecule has 46 heavy (non-hydrogen) atoms. The van der Waals surface area contributed by atoms with Crippen molar-refractivity contribution in [1.82, 2.24) is 14.4 Å². The molecule has 244 valence electrons. The van der Waals surface area contributed by atoms with Crippen molar-refractivity contribution in [2.75, 3.05) is 45.2 Å². The quantitative estimate of drug-likeness (QED) is 0.269. The predicted octanol–water partition coefficient (Wildman–Crippen LogP) is 6.41. The minimum atomic E-state index is -0.400. The van der Waals surface area contributed by atoms with Gasteiger partial charge in [0.05, 0.1) is 17.2 Å². The molecule has 0 spiro atoms. The number of benzene rings is 2. The van der Waals surface area contributed by atoms with E-state index >= 15 is 4.39 Å². The third-order valence-electron chi connectivity index (χ3n) is 8.72. The zero-order chi connectivity index (χ0) is 33.9. The number of hydrogen-bond donors (Lipinski definition) is 0. The molecule has 9 heteroatoms. The number of halogens is 1. The molecule has 1 fully saturated rings. The molecule has 0 radical (unpaired) electrons. The van der Waals surface area contributed by atoms with Gasteiger partial charge in [0.1, 0.15) is 24.1 Å². The Morgan fingerprint density at radius 1 is 1.17 bits per heavy atom. The number of likely N-dealkylation sites (N-methyl/N-ethyl adjacent to an activating group) is 1. The van der Waals surface area contributed by atoms with Gasteiger partial charge in [-0.1, -0.05) is 58.6 Å². The van der Waals surface area contributed by atoms with Crippen LogP contribution in [0.2, 0.25) is 0 Å². The molecule has 3 heterocycles. The lowest BCUT2D eigenvalue weighted by molar-refractivity contribution is -0.128. The fourth-order valence-electron chi connectivity index (χ4n) is 6.76. The Hall–Kier alpha value is -4.42. The Kier molecular flexibility index (Phi) is 10.7. The smallest absolute Gasteiger partial charge is 0.271 e. The van der Waals surface area contributed by atoms with E-state index in [0.29, 0.717) is 59.7 Å². The number of aromatic nitrogens is 1. The number of amides is 1. The van der Waals surface area contributed by atoms with Crippen molar-refractivity contribution in [3.8, 4) is 22.9 Å². The highest BCUT2D eigenvalue weighted by atomic mass is 19.1. The fourth-order valence-corrected chi connectivity index (χ4v) is 6.76. The summed E-state index contributed by atoms with van der Waals surface area (Å²) in [7, 11) is 3.85. The van der Waals surface area contributed by atoms with Gasteiger partial charge in [0, 0.05) is 48.2 Å². The highest BCUT2D eigenvalue weighted by Gasteiger charge is 2.37. The van der Waals surface area contributed by atoms with Gasteiger partial charge < -0.3 is 19.4 Å². The van der Waals surface area contributed by atoms with Crippen LogP contribution in [-0.2, 0) is 11.2 Å². The first-order valence-corrected chi connectivity index (χ1v) is 16.1. The molecule has 3 atom stereocenters. The standard InChI is InChI=1S/C35H40FN5O3.C2H6/c1-8-11-24-15-27-32(40-18-21(4)39(17-22(40)5)30(42)10-3)28(16-37)35(43)41-25(19-38(6)7)20-44-34(33(27)41)31(24)26-13-12-23(9-2)14-29(26)36;1-2/h9-10,12-15,21-22,25H,2-3,8,11,17-20H2,1,4-7H3;1-2H3/t21-,22+,25+;/m1./s1. The van der Waals surface area contributed by atoms with Gasteiger partial charge in [-0.05, 0) is 63.7 Å². The molecule has 1 aromatic heterocycles. The molecule has 5 rings (SSSR count). The largest absolute Gasteiger partial charge is 0.488 e. The number of anilines is 1. The van der Waals surface area contributed by atoms with Crippen LogP contribution in [-0.4, -0.2) is 72.7 Å². The Morgan fingerprint density at radius 2 is 1.89 bits per heavy atom. The summed E-state index contributed by atoms with van der Waals surface area (Å²) in [5.74, 6) is -0.0985. The zero-order valence-corrected chi connectivity index (χ0v) is 28.2. The van der Waals surface area contributed by atoms with E-state index in [-0.39, 0.29) is 36.2 Å². The first-order chi connectivity index (χ1) is 22.1. The molecule has 0 N–H and O–H groups in total. The minimum Gasteiger partial charge on any atom is -0.488 e. The van der Waals surface area contributed by atoms with Crippen molar-refractivity contribution >= 4 is 28.6 Å². The van der Waals surface area contributed by atoms with Crippen molar-refractivity contribution < 1.29 is 13.9 Å². The monoisotopic (exact) mass is 627 g/mol. The molecular formula is C37H46FN5O3. The van der Waals surface area contributed by atoms with Crippen molar-refractivity contribution in [3.05, 3.63) is 76.4 Å². The van der Waals surface area contributed by atoms with E-state index in [1.807, 2.05) is 58.8 Å². The molecule has 1 saturated heterocycles. The average Bonchev–Trinajstić information content (AvgIpc) is 3.04. The van der Waals surface area contributed by atoms with Gasteiger partial charge in [0.25, 0.3) is 5.56 Å². The van der Waals surface area contributed by atoms with E-state index in [1.54, 1.807) is 21.6 Å². The van der Waals surface area contributed by atoms with Crippen molar-refractivity contribution in [2.45, 2.75) is 65.6 Å². The van der Waals surface area contributed by atoms with Gasteiger partial charge >= 0.3 is 0 Å². The summed E-state index contributed by atoms with van der Waals surface area (Å²) in [4.78, 5) is 32.8. The fraction of sp³-hybridized carbons (Fsp3) is 0.432. The van der Waals surface area contributed by atoms with E-state index in [1.165, 1.54) is 12.1 Å². The van der Waals surface area contributed by atoms with E-state index < -0.39 is 11.4 Å². The molecule has 1 amide bonds. The Balaban J connectivity index is 0.00000235. The van der Waals surface area contributed by atoms with Gasteiger partial charge in [-0.25, -0.2) is 4.39 Å². The Morgan fingerprint density at radius 3 is 2.48 bits per heavy atom.